The molecule has 0 amide bonds. The molecule has 0 saturated carbocycles. The molecule has 2 rings (SSSR count). The summed E-state index contributed by atoms with van der Waals surface area (Å²) in [6, 6.07) is 4.37. The van der Waals surface area contributed by atoms with Crippen molar-refractivity contribution in [1.82, 2.24) is 0 Å². The van der Waals surface area contributed by atoms with Crippen LogP contribution in [0.1, 0.15) is 5.56 Å². The van der Waals surface area contributed by atoms with Crippen molar-refractivity contribution in [3.63, 3.8) is 0 Å². The minimum absolute atomic E-state index is 0.00685. The van der Waals surface area contributed by atoms with Crippen LogP contribution in [0.15, 0.2) is 60.7 Å². The minimum Gasteiger partial charge on any atom is -0.207 e. The second-order valence-electron chi connectivity index (χ2n) is 3.98. The highest BCUT2D eigenvalue weighted by Crippen LogP contribution is 2.44. The van der Waals surface area contributed by atoms with Gasteiger partial charge >= 0.3 is 6.18 Å². The number of hydrogen-bond acceptors (Lipinski definition) is 0. The number of benzene rings is 1. The molecule has 0 saturated heterocycles. The maximum Gasteiger partial charge on any atom is 0.405 e. The summed E-state index contributed by atoms with van der Waals surface area (Å²) in [7, 11) is 0. The molecule has 0 spiro atoms. The van der Waals surface area contributed by atoms with Gasteiger partial charge in [-0.2, -0.15) is 13.2 Å². The van der Waals surface area contributed by atoms with Gasteiger partial charge < -0.3 is 0 Å². The molecule has 1 aliphatic rings. The topological polar surface area (TPSA) is 0 Å². The summed E-state index contributed by atoms with van der Waals surface area (Å²) in [5, 5.41) is 0. The lowest BCUT2D eigenvalue weighted by Crippen LogP contribution is -2.38. The summed E-state index contributed by atoms with van der Waals surface area (Å²) >= 11 is 0. The Bertz CT molecular complexity index is 488. The Kier molecular flexibility index (Phi) is 3.11. The second-order valence-corrected chi connectivity index (χ2v) is 3.98. The molecule has 18 heavy (non-hydrogen) atoms. The predicted molar refractivity (Wildman–Crippen MR) is 61.6 cm³/mol. The van der Waals surface area contributed by atoms with Crippen LogP contribution in [-0.2, 0) is 5.41 Å². The average Bonchev–Trinajstić information content (AvgIpc) is 2.55. The molecule has 4 heteroatoms. The summed E-state index contributed by atoms with van der Waals surface area (Å²) in [5.74, 6) is -0.559. The number of hydrogen-bond donors (Lipinski definition) is 0. The highest BCUT2D eigenvalue weighted by atomic mass is 19.4. The Labute approximate surface area is 102 Å². The third-order valence-electron chi connectivity index (χ3n) is 2.84. The fourth-order valence-electron chi connectivity index (χ4n) is 1.87. The zero-order chi connectivity index (χ0) is 13.2. The molecular formula is C14H10F4. The van der Waals surface area contributed by atoms with Crippen LogP contribution in [0.5, 0.6) is 0 Å². The van der Waals surface area contributed by atoms with Gasteiger partial charge in [0.05, 0.1) is 0 Å². The van der Waals surface area contributed by atoms with Crippen molar-refractivity contribution >= 4 is 0 Å². The van der Waals surface area contributed by atoms with Crippen molar-refractivity contribution in [3.8, 4) is 0 Å². The molecule has 0 nitrogen and oxygen atoms in total. The van der Waals surface area contributed by atoms with E-state index in [4.69, 9.17) is 0 Å². The van der Waals surface area contributed by atoms with E-state index < -0.39 is 17.4 Å². The number of alkyl halides is 3. The quantitative estimate of drug-likeness (QED) is 0.655. The standard InChI is InChI=1S/C14H10F4/c15-12-7-5-11(6-8-12)13(14(16,17)18)9-3-1-2-4-10-13/h1-10H. The van der Waals surface area contributed by atoms with Crippen LogP contribution in [0.2, 0.25) is 0 Å². The fourth-order valence-corrected chi connectivity index (χ4v) is 1.87. The van der Waals surface area contributed by atoms with Gasteiger partial charge in [0.1, 0.15) is 11.2 Å². The van der Waals surface area contributed by atoms with Gasteiger partial charge in [-0.1, -0.05) is 48.6 Å². The van der Waals surface area contributed by atoms with E-state index in [0.717, 1.165) is 36.4 Å². The molecule has 0 bridgehead atoms. The zero-order valence-electron chi connectivity index (χ0n) is 9.29. The third-order valence-corrected chi connectivity index (χ3v) is 2.84. The Morgan fingerprint density at radius 1 is 0.778 bits per heavy atom. The van der Waals surface area contributed by atoms with Crippen molar-refractivity contribution in [2.24, 2.45) is 0 Å². The van der Waals surface area contributed by atoms with Crippen LogP contribution in [0.4, 0.5) is 17.6 Å². The van der Waals surface area contributed by atoms with E-state index in [1.807, 2.05) is 0 Å². The Morgan fingerprint density at radius 3 is 1.72 bits per heavy atom. The van der Waals surface area contributed by atoms with Crippen LogP contribution in [-0.4, -0.2) is 6.18 Å². The Morgan fingerprint density at radius 2 is 1.28 bits per heavy atom. The molecule has 0 aliphatic heterocycles. The molecule has 1 aromatic carbocycles. The van der Waals surface area contributed by atoms with Gasteiger partial charge in [-0.05, 0) is 17.7 Å². The minimum atomic E-state index is -4.48. The summed E-state index contributed by atoms with van der Waals surface area (Å²) in [5.41, 5.74) is -2.21. The fraction of sp³-hybridized carbons (Fsp3) is 0.143. The van der Waals surface area contributed by atoms with E-state index in [2.05, 4.69) is 0 Å². The van der Waals surface area contributed by atoms with Crippen LogP contribution >= 0.6 is 0 Å². The molecule has 1 aliphatic carbocycles. The van der Waals surface area contributed by atoms with Crippen LogP contribution in [0, 0.1) is 5.82 Å². The molecular weight excluding hydrogens is 244 g/mol. The van der Waals surface area contributed by atoms with Crippen molar-refractivity contribution in [2.45, 2.75) is 11.6 Å². The smallest absolute Gasteiger partial charge is 0.207 e. The summed E-state index contributed by atoms with van der Waals surface area (Å²) < 4.78 is 52.8. The lowest BCUT2D eigenvalue weighted by Gasteiger charge is -2.30. The van der Waals surface area contributed by atoms with Crippen molar-refractivity contribution in [3.05, 3.63) is 72.1 Å². The van der Waals surface area contributed by atoms with E-state index in [1.165, 1.54) is 24.3 Å². The lowest BCUT2D eigenvalue weighted by molar-refractivity contribution is -0.162. The van der Waals surface area contributed by atoms with E-state index in [1.54, 1.807) is 0 Å². The van der Waals surface area contributed by atoms with Crippen molar-refractivity contribution < 1.29 is 17.6 Å². The van der Waals surface area contributed by atoms with E-state index >= 15 is 0 Å². The third kappa shape index (κ3) is 2.10. The first kappa shape index (κ1) is 12.6. The molecule has 0 unspecified atom stereocenters. The highest BCUT2D eigenvalue weighted by molar-refractivity contribution is 5.43. The average molecular weight is 254 g/mol. The molecule has 0 heterocycles. The Hall–Kier alpha value is -1.84. The molecule has 1 aromatic rings. The molecule has 94 valence electrons. The van der Waals surface area contributed by atoms with Crippen LogP contribution < -0.4 is 0 Å². The molecule has 0 atom stereocenters. The summed E-state index contributed by atoms with van der Waals surface area (Å²) in [6.07, 6.45) is 3.39. The zero-order valence-corrected chi connectivity index (χ0v) is 9.29. The van der Waals surface area contributed by atoms with Crippen LogP contribution in [0.25, 0.3) is 0 Å². The first-order chi connectivity index (χ1) is 8.46. The largest absolute Gasteiger partial charge is 0.405 e. The van der Waals surface area contributed by atoms with Crippen molar-refractivity contribution in [1.29, 1.82) is 0 Å². The maximum absolute atomic E-state index is 13.3. The molecule has 0 fully saturated rings. The first-order valence-electron chi connectivity index (χ1n) is 5.32. The van der Waals surface area contributed by atoms with Gasteiger partial charge in [-0.25, -0.2) is 4.39 Å². The second kappa shape index (κ2) is 4.44. The SMILES string of the molecule is Fc1ccc(C2(C(F)(F)F)C=CC=CC=C2)cc1. The van der Waals surface area contributed by atoms with E-state index in [9.17, 15) is 17.6 Å². The van der Waals surface area contributed by atoms with Crippen molar-refractivity contribution in [2.75, 3.05) is 0 Å². The van der Waals surface area contributed by atoms with Gasteiger partial charge in [-0.15, -0.1) is 0 Å². The van der Waals surface area contributed by atoms with Crippen LogP contribution in [0.3, 0.4) is 0 Å². The van der Waals surface area contributed by atoms with Gasteiger partial charge in [0, 0.05) is 0 Å². The van der Waals surface area contributed by atoms with Gasteiger partial charge in [-0.3, -0.25) is 0 Å². The molecule has 0 aromatic heterocycles. The summed E-state index contributed by atoms with van der Waals surface area (Å²) in [6.45, 7) is 0. The highest BCUT2D eigenvalue weighted by Gasteiger charge is 2.52. The number of allylic oxidation sites excluding steroid dienone is 6. The number of halogens is 4. The van der Waals surface area contributed by atoms with Gasteiger partial charge in [0.2, 0.25) is 0 Å². The van der Waals surface area contributed by atoms with Gasteiger partial charge in [0.25, 0.3) is 0 Å². The monoisotopic (exact) mass is 254 g/mol. The first-order valence-corrected chi connectivity index (χ1v) is 5.32. The van der Waals surface area contributed by atoms with E-state index in [0.29, 0.717) is 0 Å². The molecule has 0 N–H and O–H groups in total. The molecule has 0 radical (unpaired) electrons. The maximum atomic E-state index is 13.3. The van der Waals surface area contributed by atoms with Gasteiger partial charge in [0.15, 0.2) is 0 Å². The summed E-state index contributed by atoms with van der Waals surface area (Å²) in [4.78, 5) is 0. The predicted octanol–water partition coefficient (Wildman–Crippen LogP) is 4.31. The normalized spacial score (nSPS) is 17.8. The Balaban J connectivity index is 2.60. The number of rotatable bonds is 1. The van der Waals surface area contributed by atoms with E-state index in [-0.39, 0.29) is 5.56 Å². The lowest BCUT2D eigenvalue weighted by atomic mass is 9.79.